The second-order valence-electron chi connectivity index (χ2n) is 8.33. The first kappa shape index (κ1) is 19.1. The number of carbonyl (C=O) groups is 2. The van der Waals surface area contributed by atoms with E-state index in [9.17, 15) is 9.59 Å². The van der Waals surface area contributed by atoms with Crippen molar-refractivity contribution >= 4 is 17.5 Å². The molecule has 0 radical (unpaired) electrons. The molecule has 0 bridgehead atoms. The second kappa shape index (κ2) is 7.18. The van der Waals surface area contributed by atoms with Gasteiger partial charge in [0.2, 0.25) is 5.91 Å². The minimum absolute atomic E-state index is 0.0916. The summed E-state index contributed by atoms with van der Waals surface area (Å²) in [7, 11) is 0. The van der Waals surface area contributed by atoms with Crippen molar-refractivity contribution < 1.29 is 9.59 Å². The van der Waals surface area contributed by atoms with Gasteiger partial charge in [-0.1, -0.05) is 12.1 Å². The molecule has 0 unspecified atom stereocenters. The standard InChI is InChI=1S/C21H28N4O2/c1-13-12-18(24-25(13)21(3,4)5)20(27)22-14(2)15-8-10-17(11-9-15)23-19(26)16-6-7-16/h8-12,14,16H,6-7H2,1-5H3,(H,22,27)(H,23,26)/t14-/m1/s1. The summed E-state index contributed by atoms with van der Waals surface area (Å²) in [6, 6.07) is 9.24. The van der Waals surface area contributed by atoms with Crippen LogP contribution in [-0.4, -0.2) is 21.6 Å². The van der Waals surface area contributed by atoms with Gasteiger partial charge in [0.05, 0.1) is 11.6 Å². The molecule has 6 heteroatoms. The average Bonchev–Trinajstić information content (AvgIpc) is 3.36. The number of anilines is 1. The van der Waals surface area contributed by atoms with Gasteiger partial charge in [0.1, 0.15) is 5.69 Å². The molecule has 2 amide bonds. The second-order valence-corrected chi connectivity index (χ2v) is 8.33. The summed E-state index contributed by atoms with van der Waals surface area (Å²) in [5.41, 5.74) is 2.96. The van der Waals surface area contributed by atoms with Crippen LogP contribution >= 0.6 is 0 Å². The molecule has 1 aliphatic carbocycles. The molecule has 1 fully saturated rings. The number of carbonyl (C=O) groups excluding carboxylic acids is 2. The highest BCUT2D eigenvalue weighted by atomic mass is 16.2. The average molecular weight is 368 g/mol. The Bertz CT molecular complexity index is 842. The van der Waals surface area contributed by atoms with E-state index in [-0.39, 0.29) is 29.3 Å². The summed E-state index contributed by atoms with van der Waals surface area (Å²) in [4.78, 5) is 24.4. The van der Waals surface area contributed by atoms with Gasteiger partial charge < -0.3 is 10.6 Å². The van der Waals surface area contributed by atoms with Crippen LogP contribution < -0.4 is 10.6 Å². The molecule has 2 N–H and O–H groups in total. The maximum atomic E-state index is 12.6. The number of hydrogen-bond donors (Lipinski definition) is 2. The van der Waals surface area contributed by atoms with E-state index in [0.29, 0.717) is 5.69 Å². The largest absolute Gasteiger partial charge is 0.344 e. The first-order chi connectivity index (χ1) is 12.6. The Labute approximate surface area is 160 Å². The van der Waals surface area contributed by atoms with Crippen LogP contribution in [0.25, 0.3) is 0 Å². The maximum absolute atomic E-state index is 12.6. The Morgan fingerprint density at radius 3 is 2.33 bits per heavy atom. The topological polar surface area (TPSA) is 76.0 Å². The lowest BCUT2D eigenvalue weighted by Crippen LogP contribution is -2.28. The summed E-state index contributed by atoms with van der Waals surface area (Å²) < 4.78 is 1.87. The fourth-order valence-corrected chi connectivity index (χ4v) is 3.06. The van der Waals surface area contributed by atoms with Crippen molar-refractivity contribution in [1.82, 2.24) is 15.1 Å². The zero-order valence-corrected chi connectivity index (χ0v) is 16.7. The van der Waals surface area contributed by atoms with Gasteiger partial charge in [0.15, 0.2) is 0 Å². The Morgan fingerprint density at radius 2 is 1.81 bits per heavy atom. The van der Waals surface area contributed by atoms with E-state index in [1.54, 1.807) is 0 Å². The fraction of sp³-hybridized carbons (Fsp3) is 0.476. The number of hydrogen-bond acceptors (Lipinski definition) is 3. The Morgan fingerprint density at radius 1 is 1.19 bits per heavy atom. The van der Waals surface area contributed by atoms with Crippen molar-refractivity contribution in [3.63, 3.8) is 0 Å². The summed E-state index contributed by atoms with van der Waals surface area (Å²) >= 11 is 0. The number of amides is 2. The van der Waals surface area contributed by atoms with Crippen molar-refractivity contribution in [2.24, 2.45) is 5.92 Å². The van der Waals surface area contributed by atoms with Crippen LogP contribution in [0.5, 0.6) is 0 Å². The molecular formula is C21H28N4O2. The fourth-order valence-electron chi connectivity index (χ4n) is 3.06. The summed E-state index contributed by atoms with van der Waals surface area (Å²) in [6.45, 7) is 10.1. The van der Waals surface area contributed by atoms with Crippen molar-refractivity contribution in [3.8, 4) is 0 Å². The molecule has 1 saturated carbocycles. The zero-order chi connectivity index (χ0) is 19.8. The van der Waals surface area contributed by atoms with Gasteiger partial charge >= 0.3 is 0 Å². The van der Waals surface area contributed by atoms with Crippen LogP contribution in [0.3, 0.4) is 0 Å². The smallest absolute Gasteiger partial charge is 0.272 e. The Balaban J connectivity index is 1.63. The molecule has 1 aromatic carbocycles. The van der Waals surface area contributed by atoms with Crippen molar-refractivity contribution in [1.29, 1.82) is 0 Å². The van der Waals surface area contributed by atoms with Gasteiger partial charge in [0.25, 0.3) is 5.91 Å². The van der Waals surface area contributed by atoms with Crippen LogP contribution in [-0.2, 0) is 10.3 Å². The number of benzene rings is 1. The molecule has 1 heterocycles. The predicted octanol–water partition coefficient (Wildman–Crippen LogP) is 3.79. The molecule has 27 heavy (non-hydrogen) atoms. The molecule has 2 aromatic rings. The minimum atomic E-state index is -0.195. The minimum Gasteiger partial charge on any atom is -0.344 e. The molecule has 0 aliphatic heterocycles. The van der Waals surface area contributed by atoms with E-state index in [1.807, 2.05) is 48.9 Å². The number of aromatic nitrogens is 2. The number of nitrogens with one attached hydrogen (secondary N) is 2. The lowest BCUT2D eigenvalue weighted by molar-refractivity contribution is -0.117. The Kier molecular flexibility index (Phi) is 5.09. The third-order valence-electron chi connectivity index (χ3n) is 4.73. The molecule has 1 atom stereocenters. The first-order valence-electron chi connectivity index (χ1n) is 9.44. The van der Waals surface area contributed by atoms with E-state index in [2.05, 4.69) is 36.5 Å². The third kappa shape index (κ3) is 4.56. The molecule has 0 spiro atoms. The molecular weight excluding hydrogens is 340 g/mol. The van der Waals surface area contributed by atoms with E-state index in [4.69, 9.17) is 0 Å². The van der Waals surface area contributed by atoms with Crippen molar-refractivity contribution in [3.05, 3.63) is 47.3 Å². The molecule has 3 rings (SSSR count). The Hall–Kier alpha value is -2.63. The van der Waals surface area contributed by atoms with Gasteiger partial charge in [-0.3, -0.25) is 14.3 Å². The summed E-state index contributed by atoms with van der Waals surface area (Å²) in [5, 5.41) is 10.4. The molecule has 1 aromatic heterocycles. The molecule has 6 nitrogen and oxygen atoms in total. The van der Waals surface area contributed by atoms with Gasteiger partial charge in [-0.05, 0) is 71.2 Å². The lowest BCUT2D eigenvalue weighted by atomic mass is 10.1. The van der Waals surface area contributed by atoms with Crippen LogP contribution in [0, 0.1) is 12.8 Å². The normalized spacial score (nSPS) is 15.3. The van der Waals surface area contributed by atoms with E-state index in [0.717, 1.165) is 29.8 Å². The van der Waals surface area contributed by atoms with Gasteiger partial charge in [-0.2, -0.15) is 5.10 Å². The molecule has 0 saturated heterocycles. The van der Waals surface area contributed by atoms with Crippen molar-refractivity contribution in [2.75, 3.05) is 5.32 Å². The highest BCUT2D eigenvalue weighted by Crippen LogP contribution is 2.30. The van der Waals surface area contributed by atoms with Crippen LogP contribution in [0.15, 0.2) is 30.3 Å². The quantitative estimate of drug-likeness (QED) is 0.843. The summed E-state index contributed by atoms with van der Waals surface area (Å²) in [5.74, 6) is 0.0767. The van der Waals surface area contributed by atoms with Crippen molar-refractivity contribution in [2.45, 2.75) is 59.0 Å². The van der Waals surface area contributed by atoms with E-state index >= 15 is 0 Å². The van der Waals surface area contributed by atoms with E-state index in [1.165, 1.54) is 0 Å². The summed E-state index contributed by atoms with van der Waals surface area (Å²) in [6.07, 6.45) is 1.97. The highest BCUT2D eigenvalue weighted by Gasteiger charge is 2.29. The first-order valence-corrected chi connectivity index (χ1v) is 9.44. The van der Waals surface area contributed by atoms with Gasteiger partial charge in [-0.15, -0.1) is 0 Å². The van der Waals surface area contributed by atoms with Crippen LogP contribution in [0.4, 0.5) is 5.69 Å². The molecule has 144 valence electrons. The van der Waals surface area contributed by atoms with Crippen LogP contribution in [0.1, 0.15) is 68.3 Å². The number of aryl methyl sites for hydroxylation is 1. The number of nitrogens with zero attached hydrogens (tertiary/aromatic N) is 2. The highest BCUT2D eigenvalue weighted by molar-refractivity contribution is 5.94. The van der Waals surface area contributed by atoms with E-state index < -0.39 is 0 Å². The maximum Gasteiger partial charge on any atom is 0.272 e. The monoisotopic (exact) mass is 368 g/mol. The molecule has 1 aliphatic rings. The SMILES string of the molecule is Cc1cc(C(=O)N[C@H](C)c2ccc(NC(=O)C3CC3)cc2)nn1C(C)(C)C. The zero-order valence-electron chi connectivity index (χ0n) is 16.7. The van der Waals surface area contributed by atoms with Gasteiger partial charge in [-0.25, -0.2) is 0 Å². The number of rotatable bonds is 5. The lowest BCUT2D eigenvalue weighted by Gasteiger charge is -2.21. The predicted molar refractivity (Wildman–Crippen MR) is 106 cm³/mol. The van der Waals surface area contributed by atoms with Crippen LogP contribution in [0.2, 0.25) is 0 Å². The van der Waals surface area contributed by atoms with Gasteiger partial charge in [0, 0.05) is 17.3 Å². The third-order valence-corrected chi connectivity index (χ3v) is 4.73.